The van der Waals surface area contributed by atoms with Gasteiger partial charge in [0.25, 0.3) is 0 Å². The highest BCUT2D eigenvalue weighted by molar-refractivity contribution is 5.39. The lowest BCUT2D eigenvalue weighted by Gasteiger charge is -2.19. The van der Waals surface area contributed by atoms with Crippen molar-refractivity contribution in [1.82, 2.24) is 0 Å². The molecule has 1 aromatic rings. The fourth-order valence-corrected chi connectivity index (χ4v) is 1.89. The number of rotatable bonds is 8. The van der Waals surface area contributed by atoms with Crippen molar-refractivity contribution >= 4 is 0 Å². The molecule has 0 saturated carbocycles. The number of benzene rings is 1. The number of hydrogen-bond donors (Lipinski definition) is 1. The van der Waals surface area contributed by atoms with Crippen LogP contribution in [0.4, 0.5) is 0 Å². The maximum atomic E-state index is 5.79. The number of para-hydroxylation sites is 2. The summed E-state index contributed by atoms with van der Waals surface area (Å²) >= 11 is 0. The summed E-state index contributed by atoms with van der Waals surface area (Å²) in [5, 5.41) is 0. The van der Waals surface area contributed by atoms with Gasteiger partial charge >= 0.3 is 0 Å². The van der Waals surface area contributed by atoms with Crippen LogP contribution in [0.25, 0.3) is 0 Å². The molecule has 3 heteroatoms. The first-order valence-electron chi connectivity index (χ1n) is 6.73. The smallest absolute Gasteiger partial charge is 0.161 e. The van der Waals surface area contributed by atoms with Crippen LogP contribution in [-0.2, 0) is 0 Å². The quantitative estimate of drug-likeness (QED) is 0.772. The molecule has 0 radical (unpaired) electrons. The molecule has 2 N–H and O–H groups in total. The minimum atomic E-state index is 0.518. The Hall–Kier alpha value is -1.22. The van der Waals surface area contributed by atoms with Gasteiger partial charge in [-0.15, -0.1) is 0 Å². The van der Waals surface area contributed by atoms with Gasteiger partial charge in [0.05, 0.1) is 13.2 Å². The zero-order chi connectivity index (χ0) is 13.4. The van der Waals surface area contributed by atoms with Gasteiger partial charge < -0.3 is 15.2 Å². The van der Waals surface area contributed by atoms with E-state index in [4.69, 9.17) is 15.2 Å². The zero-order valence-electron chi connectivity index (χ0n) is 11.7. The Kier molecular flexibility index (Phi) is 6.58. The third-order valence-corrected chi connectivity index (χ3v) is 3.14. The Labute approximate surface area is 110 Å². The number of hydrogen-bond acceptors (Lipinski definition) is 3. The third-order valence-electron chi connectivity index (χ3n) is 3.14. The first-order chi connectivity index (χ1) is 8.69. The summed E-state index contributed by atoms with van der Waals surface area (Å²) in [6.07, 6.45) is 0.981. The lowest BCUT2D eigenvalue weighted by atomic mass is 9.93. The number of nitrogens with two attached hydrogens (primary N) is 1. The maximum absolute atomic E-state index is 5.79. The summed E-state index contributed by atoms with van der Waals surface area (Å²) in [6.45, 7) is 8.42. The van der Waals surface area contributed by atoms with Gasteiger partial charge in [0.1, 0.15) is 0 Å². The summed E-state index contributed by atoms with van der Waals surface area (Å²) in [6, 6.07) is 7.79. The van der Waals surface area contributed by atoms with Crippen molar-refractivity contribution < 1.29 is 9.47 Å². The predicted molar refractivity (Wildman–Crippen MR) is 75.1 cm³/mol. The van der Waals surface area contributed by atoms with Gasteiger partial charge in [-0.1, -0.05) is 26.0 Å². The lowest BCUT2D eigenvalue weighted by molar-refractivity contribution is 0.237. The summed E-state index contributed by atoms with van der Waals surface area (Å²) in [4.78, 5) is 0. The molecule has 0 aliphatic carbocycles. The summed E-state index contributed by atoms with van der Waals surface area (Å²) in [5.74, 6) is 2.75. The van der Waals surface area contributed by atoms with Crippen LogP contribution < -0.4 is 15.2 Å². The summed E-state index contributed by atoms with van der Waals surface area (Å²) < 4.78 is 11.3. The average Bonchev–Trinajstić information content (AvgIpc) is 2.36. The van der Waals surface area contributed by atoms with E-state index < -0.39 is 0 Å². The van der Waals surface area contributed by atoms with Crippen molar-refractivity contribution in [3.8, 4) is 11.5 Å². The highest BCUT2D eigenvalue weighted by Crippen LogP contribution is 2.27. The van der Waals surface area contributed by atoms with E-state index in [1.54, 1.807) is 0 Å². The van der Waals surface area contributed by atoms with E-state index in [1.165, 1.54) is 0 Å². The maximum Gasteiger partial charge on any atom is 0.161 e. The van der Waals surface area contributed by atoms with E-state index in [-0.39, 0.29) is 0 Å². The second kappa shape index (κ2) is 7.98. The Balaban J connectivity index is 2.48. The largest absolute Gasteiger partial charge is 0.490 e. The molecule has 0 aliphatic heterocycles. The minimum Gasteiger partial charge on any atom is -0.490 e. The fraction of sp³-hybridized carbons (Fsp3) is 0.600. The van der Waals surface area contributed by atoms with Gasteiger partial charge in [-0.3, -0.25) is 0 Å². The van der Waals surface area contributed by atoms with Gasteiger partial charge in [0, 0.05) is 0 Å². The van der Waals surface area contributed by atoms with Gasteiger partial charge in [-0.2, -0.15) is 0 Å². The van der Waals surface area contributed by atoms with E-state index in [0.717, 1.165) is 17.9 Å². The van der Waals surface area contributed by atoms with E-state index in [1.807, 2.05) is 31.2 Å². The van der Waals surface area contributed by atoms with E-state index >= 15 is 0 Å². The van der Waals surface area contributed by atoms with Crippen molar-refractivity contribution in [3.05, 3.63) is 24.3 Å². The molecule has 3 nitrogen and oxygen atoms in total. The number of ether oxygens (including phenoxy) is 2. The molecule has 0 spiro atoms. The van der Waals surface area contributed by atoms with E-state index in [0.29, 0.717) is 31.6 Å². The topological polar surface area (TPSA) is 44.5 Å². The second-order valence-electron chi connectivity index (χ2n) is 4.76. The molecule has 18 heavy (non-hydrogen) atoms. The molecule has 1 aromatic carbocycles. The minimum absolute atomic E-state index is 0.518. The van der Waals surface area contributed by atoms with Crippen LogP contribution in [0.5, 0.6) is 11.5 Å². The second-order valence-corrected chi connectivity index (χ2v) is 4.76. The van der Waals surface area contributed by atoms with Gasteiger partial charge in [0.2, 0.25) is 0 Å². The molecule has 102 valence electrons. The molecule has 0 aromatic heterocycles. The van der Waals surface area contributed by atoms with Crippen LogP contribution in [0, 0.1) is 11.8 Å². The van der Waals surface area contributed by atoms with Crippen LogP contribution in [0.3, 0.4) is 0 Å². The first kappa shape index (κ1) is 14.8. The molecule has 0 fully saturated rings. The average molecular weight is 251 g/mol. The normalized spacial score (nSPS) is 12.5. The molecule has 0 heterocycles. The van der Waals surface area contributed by atoms with Crippen LogP contribution in [-0.4, -0.2) is 19.8 Å². The predicted octanol–water partition coefficient (Wildman–Crippen LogP) is 3.09. The van der Waals surface area contributed by atoms with Gasteiger partial charge in [0.15, 0.2) is 11.5 Å². The molecule has 0 aliphatic rings. The molecular formula is C15H25NO2. The monoisotopic (exact) mass is 251 g/mol. The van der Waals surface area contributed by atoms with Crippen molar-refractivity contribution in [2.75, 3.05) is 19.8 Å². The van der Waals surface area contributed by atoms with Crippen molar-refractivity contribution in [2.24, 2.45) is 17.6 Å². The Morgan fingerprint density at radius 1 is 1.11 bits per heavy atom. The Morgan fingerprint density at radius 2 is 1.72 bits per heavy atom. The van der Waals surface area contributed by atoms with Crippen molar-refractivity contribution in [2.45, 2.75) is 27.2 Å². The van der Waals surface area contributed by atoms with Crippen LogP contribution in [0.1, 0.15) is 27.2 Å². The van der Waals surface area contributed by atoms with Crippen LogP contribution in [0.15, 0.2) is 24.3 Å². The van der Waals surface area contributed by atoms with Crippen LogP contribution in [0.2, 0.25) is 0 Å². The van der Waals surface area contributed by atoms with Crippen LogP contribution >= 0.6 is 0 Å². The highest BCUT2D eigenvalue weighted by atomic mass is 16.5. The zero-order valence-corrected chi connectivity index (χ0v) is 11.7. The standard InChI is InChI=1S/C15H25NO2/c1-4-17-14-7-5-6-8-15(14)18-10-9-13(11-16)12(2)3/h5-8,12-13H,4,9-11,16H2,1-3H3. The molecule has 0 amide bonds. The van der Waals surface area contributed by atoms with E-state index in [9.17, 15) is 0 Å². The molecule has 1 atom stereocenters. The fourth-order valence-electron chi connectivity index (χ4n) is 1.89. The van der Waals surface area contributed by atoms with Crippen molar-refractivity contribution in [3.63, 3.8) is 0 Å². The van der Waals surface area contributed by atoms with Crippen molar-refractivity contribution in [1.29, 1.82) is 0 Å². The summed E-state index contributed by atoms with van der Waals surface area (Å²) in [5.41, 5.74) is 5.75. The third kappa shape index (κ3) is 4.57. The first-order valence-corrected chi connectivity index (χ1v) is 6.73. The molecule has 0 bridgehead atoms. The highest BCUT2D eigenvalue weighted by Gasteiger charge is 2.12. The SMILES string of the molecule is CCOc1ccccc1OCCC(CN)C(C)C. The Bertz CT molecular complexity index is 339. The van der Waals surface area contributed by atoms with E-state index in [2.05, 4.69) is 13.8 Å². The molecule has 1 unspecified atom stereocenters. The Morgan fingerprint density at radius 3 is 2.22 bits per heavy atom. The molecule has 0 saturated heterocycles. The summed E-state index contributed by atoms with van der Waals surface area (Å²) in [7, 11) is 0. The molecule has 1 rings (SSSR count). The van der Waals surface area contributed by atoms with Gasteiger partial charge in [-0.05, 0) is 43.9 Å². The lowest BCUT2D eigenvalue weighted by Crippen LogP contribution is -2.22. The molecular weight excluding hydrogens is 226 g/mol. The van der Waals surface area contributed by atoms with Gasteiger partial charge in [-0.25, -0.2) is 0 Å².